The van der Waals surface area contributed by atoms with Crippen LogP contribution in [0.1, 0.15) is 25.2 Å². The molecule has 0 radical (unpaired) electrons. The summed E-state index contributed by atoms with van der Waals surface area (Å²) in [6.45, 7) is 5.51. The number of nitrogens with two attached hydrogens (primary N) is 1. The molecule has 0 amide bonds. The maximum absolute atomic E-state index is 5.84. The molecule has 1 atom stereocenters. The smallest absolute Gasteiger partial charge is 0.209 e. The zero-order valence-corrected chi connectivity index (χ0v) is 12.3. The summed E-state index contributed by atoms with van der Waals surface area (Å²) in [5.41, 5.74) is 8.22. The summed E-state index contributed by atoms with van der Waals surface area (Å²) in [6, 6.07) is 6.37. The Kier molecular flexibility index (Phi) is 3.31. The van der Waals surface area contributed by atoms with Crippen LogP contribution in [0.25, 0.3) is 11.1 Å². The highest BCUT2D eigenvalue weighted by Gasteiger charge is 2.29. The van der Waals surface area contributed by atoms with Gasteiger partial charge in [-0.05, 0) is 37.6 Å². The van der Waals surface area contributed by atoms with Crippen molar-refractivity contribution < 1.29 is 4.42 Å². The minimum absolute atomic E-state index is 0.729. The largest absolute Gasteiger partial charge is 0.439 e. The number of nitrogens with zero attached hydrogens (tertiary/aromatic N) is 3. The van der Waals surface area contributed by atoms with Crippen molar-refractivity contribution in [2.45, 2.75) is 31.8 Å². The van der Waals surface area contributed by atoms with Crippen molar-refractivity contribution in [3.05, 3.63) is 24.1 Å². The molecule has 5 nitrogen and oxygen atoms in total. The first kappa shape index (κ1) is 13.1. The van der Waals surface area contributed by atoms with Gasteiger partial charge in [-0.25, -0.2) is 4.98 Å². The fourth-order valence-corrected chi connectivity index (χ4v) is 3.62. The first-order valence-corrected chi connectivity index (χ1v) is 7.89. The number of aromatic nitrogens is 1. The fourth-order valence-electron chi connectivity index (χ4n) is 3.62. The molecule has 2 aliphatic heterocycles. The predicted molar refractivity (Wildman–Crippen MR) is 82.9 cm³/mol. The zero-order valence-electron chi connectivity index (χ0n) is 12.3. The second-order valence-corrected chi connectivity index (χ2v) is 6.26. The molecule has 3 heterocycles. The van der Waals surface area contributed by atoms with Crippen molar-refractivity contribution in [3.63, 3.8) is 0 Å². The zero-order chi connectivity index (χ0) is 14.2. The number of hydrogen-bond acceptors (Lipinski definition) is 5. The topological polar surface area (TPSA) is 58.5 Å². The highest BCUT2D eigenvalue weighted by atomic mass is 16.3. The summed E-state index contributed by atoms with van der Waals surface area (Å²) >= 11 is 0. The van der Waals surface area contributed by atoms with E-state index < -0.39 is 0 Å². The van der Waals surface area contributed by atoms with Gasteiger partial charge in [0.25, 0.3) is 0 Å². The fraction of sp³-hybridized carbons (Fsp3) is 0.562. The van der Waals surface area contributed by atoms with E-state index in [0.29, 0.717) is 0 Å². The average molecular weight is 286 g/mol. The summed E-state index contributed by atoms with van der Waals surface area (Å²) < 4.78 is 5.84. The Hall–Kier alpha value is -1.59. The van der Waals surface area contributed by atoms with Gasteiger partial charge in [0.2, 0.25) is 5.89 Å². The third kappa shape index (κ3) is 2.63. The van der Waals surface area contributed by atoms with Crippen LogP contribution in [0.2, 0.25) is 0 Å². The molecule has 2 aromatic rings. The first-order chi connectivity index (χ1) is 10.3. The van der Waals surface area contributed by atoms with Gasteiger partial charge >= 0.3 is 0 Å². The van der Waals surface area contributed by atoms with E-state index in [-0.39, 0.29) is 0 Å². The Morgan fingerprint density at radius 3 is 3.14 bits per heavy atom. The minimum atomic E-state index is 0.729. The van der Waals surface area contributed by atoms with Gasteiger partial charge in [0.05, 0.1) is 6.54 Å². The molecule has 0 bridgehead atoms. The van der Waals surface area contributed by atoms with Gasteiger partial charge in [-0.3, -0.25) is 9.80 Å². The van der Waals surface area contributed by atoms with Crippen LogP contribution in [0, 0.1) is 0 Å². The van der Waals surface area contributed by atoms with E-state index in [4.69, 9.17) is 10.2 Å². The second-order valence-electron chi connectivity index (χ2n) is 6.26. The standard InChI is InChI=1S/C16H22N4O/c17-12-4-5-15-14(9-12)18-16(21-15)11-19-7-8-20-6-2-1-3-13(20)10-19/h4-5,9,13H,1-3,6-8,10-11,17H2. The summed E-state index contributed by atoms with van der Waals surface area (Å²) in [6.07, 6.45) is 4.07. The lowest BCUT2D eigenvalue weighted by Crippen LogP contribution is -2.54. The highest BCUT2D eigenvalue weighted by Crippen LogP contribution is 2.23. The number of fused-ring (bicyclic) bond motifs is 2. The van der Waals surface area contributed by atoms with E-state index in [1.54, 1.807) is 0 Å². The SMILES string of the molecule is Nc1ccc2oc(CN3CCN4CCCCC4C3)nc2c1. The van der Waals surface area contributed by atoms with Crippen LogP contribution >= 0.6 is 0 Å². The maximum atomic E-state index is 5.84. The van der Waals surface area contributed by atoms with Crippen LogP contribution in [-0.2, 0) is 6.54 Å². The van der Waals surface area contributed by atoms with Crippen LogP contribution in [0.15, 0.2) is 22.6 Å². The van der Waals surface area contributed by atoms with E-state index in [1.807, 2.05) is 18.2 Å². The number of oxazole rings is 1. The van der Waals surface area contributed by atoms with Crippen molar-refractivity contribution in [1.29, 1.82) is 0 Å². The molecule has 4 rings (SSSR count). The van der Waals surface area contributed by atoms with Crippen molar-refractivity contribution in [1.82, 2.24) is 14.8 Å². The number of anilines is 1. The molecule has 21 heavy (non-hydrogen) atoms. The number of piperazine rings is 1. The summed E-state index contributed by atoms with van der Waals surface area (Å²) in [4.78, 5) is 9.69. The second kappa shape index (κ2) is 5.31. The first-order valence-electron chi connectivity index (χ1n) is 7.89. The van der Waals surface area contributed by atoms with E-state index >= 15 is 0 Å². The van der Waals surface area contributed by atoms with Crippen LogP contribution in [-0.4, -0.2) is 47.0 Å². The Morgan fingerprint density at radius 1 is 1.24 bits per heavy atom. The molecule has 5 heteroatoms. The third-order valence-corrected chi connectivity index (χ3v) is 4.74. The van der Waals surface area contributed by atoms with Gasteiger partial charge in [-0.15, -0.1) is 0 Å². The van der Waals surface area contributed by atoms with Crippen LogP contribution in [0.3, 0.4) is 0 Å². The van der Waals surface area contributed by atoms with Crippen LogP contribution in [0.4, 0.5) is 5.69 Å². The molecular weight excluding hydrogens is 264 g/mol. The van der Waals surface area contributed by atoms with Gasteiger partial charge < -0.3 is 10.2 Å². The number of rotatable bonds is 2. The Morgan fingerprint density at radius 2 is 2.19 bits per heavy atom. The highest BCUT2D eigenvalue weighted by molar-refractivity contribution is 5.76. The van der Waals surface area contributed by atoms with E-state index in [1.165, 1.54) is 32.4 Å². The van der Waals surface area contributed by atoms with E-state index in [9.17, 15) is 0 Å². The number of benzene rings is 1. The Labute approximate surface area is 124 Å². The van der Waals surface area contributed by atoms with Crippen LogP contribution < -0.4 is 5.73 Å². The molecule has 112 valence electrons. The molecule has 1 aromatic carbocycles. The van der Waals surface area contributed by atoms with E-state index in [0.717, 1.165) is 48.4 Å². The van der Waals surface area contributed by atoms with E-state index in [2.05, 4.69) is 14.8 Å². The molecular formula is C16H22N4O. The summed E-state index contributed by atoms with van der Waals surface area (Å²) in [5.74, 6) is 0.805. The minimum Gasteiger partial charge on any atom is -0.439 e. The molecule has 0 aliphatic carbocycles. The number of hydrogen-bond donors (Lipinski definition) is 1. The molecule has 1 aromatic heterocycles. The molecule has 0 spiro atoms. The quantitative estimate of drug-likeness (QED) is 0.857. The predicted octanol–water partition coefficient (Wildman–Crippen LogP) is 2.08. The Bertz CT molecular complexity index is 638. The lowest BCUT2D eigenvalue weighted by Gasteiger charge is -2.43. The van der Waals surface area contributed by atoms with Gasteiger partial charge in [-0.1, -0.05) is 6.42 Å². The van der Waals surface area contributed by atoms with Gasteiger partial charge in [0.1, 0.15) is 5.52 Å². The molecule has 2 N–H and O–H groups in total. The lowest BCUT2D eigenvalue weighted by molar-refractivity contribution is 0.0420. The maximum Gasteiger partial charge on any atom is 0.209 e. The van der Waals surface area contributed by atoms with Gasteiger partial charge in [0, 0.05) is 31.4 Å². The van der Waals surface area contributed by atoms with Crippen molar-refractivity contribution >= 4 is 16.8 Å². The van der Waals surface area contributed by atoms with Gasteiger partial charge in [0.15, 0.2) is 5.58 Å². The summed E-state index contributed by atoms with van der Waals surface area (Å²) in [7, 11) is 0. The molecule has 0 saturated carbocycles. The molecule has 1 unspecified atom stereocenters. The average Bonchev–Trinajstić information content (AvgIpc) is 2.88. The van der Waals surface area contributed by atoms with Crippen molar-refractivity contribution in [2.24, 2.45) is 0 Å². The molecule has 2 saturated heterocycles. The number of nitrogen functional groups attached to an aromatic ring is 1. The van der Waals surface area contributed by atoms with Crippen molar-refractivity contribution in [3.8, 4) is 0 Å². The summed E-state index contributed by atoms with van der Waals surface area (Å²) in [5, 5.41) is 0. The normalized spacial score (nSPS) is 24.3. The lowest BCUT2D eigenvalue weighted by atomic mass is 9.99. The Balaban J connectivity index is 1.47. The van der Waals surface area contributed by atoms with Crippen LogP contribution in [0.5, 0.6) is 0 Å². The van der Waals surface area contributed by atoms with Crippen molar-refractivity contribution in [2.75, 3.05) is 31.9 Å². The number of piperidine rings is 1. The molecule has 2 fully saturated rings. The molecule has 2 aliphatic rings. The monoisotopic (exact) mass is 286 g/mol. The van der Waals surface area contributed by atoms with Gasteiger partial charge in [-0.2, -0.15) is 0 Å². The third-order valence-electron chi connectivity index (χ3n) is 4.74.